The number of carbonyl (C=O) groups is 2. The van der Waals surface area contributed by atoms with Crippen LogP contribution in [-0.2, 0) is 17.8 Å². The van der Waals surface area contributed by atoms with Gasteiger partial charge in [0.15, 0.2) is 0 Å². The van der Waals surface area contributed by atoms with E-state index >= 15 is 0 Å². The van der Waals surface area contributed by atoms with Crippen LogP contribution in [0.5, 0.6) is 0 Å². The van der Waals surface area contributed by atoms with Crippen molar-refractivity contribution in [3.8, 4) is 0 Å². The van der Waals surface area contributed by atoms with Crippen molar-refractivity contribution in [2.24, 2.45) is 0 Å². The number of halogens is 1. The first-order chi connectivity index (χ1) is 17.6. The van der Waals surface area contributed by atoms with Gasteiger partial charge in [-0.05, 0) is 54.7 Å². The third kappa shape index (κ3) is 5.89. The summed E-state index contributed by atoms with van der Waals surface area (Å²) in [6.07, 6.45) is 4.56. The van der Waals surface area contributed by atoms with Gasteiger partial charge >= 0.3 is 6.03 Å². The molecule has 36 heavy (non-hydrogen) atoms. The Bertz CT molecular complexity index is 1350. The first-order valence-corrected chi connectivity index (χ1v) is 12.6. The number of anilines is 1. The Morgan fingerprint density at radius 1 is 0.972 bits per heavy atom. The van der Waals surface area contributed by atoms with Crippen molar-refractivity contribution < 1.29 is 9.59 Å². The Morgan fingerprint density at radius 3 is 2.53 bits per heavy atom. The van der Waals surface area contributed by atoms with Crippen molar-refractivity contribution in [2.45, 2.75) is 31.8 Å². The fourth-order valence-corrected chi connectivity index (χ4v) is 4.64. The third-order valence-corrected chi connectivity index (χ3v) is 6.76. The van der Waals surface area contributed by atoms with Gasteiger partial charge in [-0.25, -0.2) is 4.79 Å². The molecule has 1 aliphatic rings. The minimum atomic E-state index is -0.274. The number of nitrogens with zero attached hydrogens (tertiary/aromatic N) is 2. The van der Waals surface area contributed by atoms with Gasteiger partial charge in [0.25, 0.3) is 0 Å². The molecule has 1 heterocycles. The van der Waals surface area contributed by atoms with Crippen molar-refractivity contribution in [3.63, 3.8) is 0 Å². The quantitative estimate of drug-likeness (QED) is 0.292. The minimum Gasteiger partial charge on any atom is -0.361 e. The van der Waals surface area contributed by atoms with Gasteiger partial charge in [-0.2, -0.15) is 0 Å². The molecule has 0 spiro atoms. The molecule has 0 atom stereocenters. The van der Waals surface area contributed by atoms with Crippen molar-refractivity contribution in [3.05, 3.63) is 101 Å². The van der Waals surface area contributed by atoms with Gasteiger partial charge in [0.2, 0.25) is 5.91 Å². The van der Waals surface area contributed by atoms with Crippen LogP contribution >= 0.6 is 11.6 Å². The fourth-order valence-electron chi connectivity index (χ4n) is 4.45. The average Bonchev–Trinajstić information content (AvgIpc) is 3.65. The molecular formula is C29H29ClN4O2. The van der Waals surface area contributed by atoms with Gasteiger partial charge in [-0.15, -0.1) is 0 Å². The van der Waals surface area contributed by atoms with Crippen molar-refractivity contribution in [1.82, 2.24) is 14.8 Å². The molecule has 3 aromatic carbocycles. The summed E-state index contributed by atoms with van der Waals surface area (Å²) in [4.78, 5) is 33.5. The van der Waals surface area contributed by atoms with E-state index in [0.29, 0.717) is 23.8 Å². The Kier molecular flexibility index (Phi) is 7.23. The van der Waals surface area contributed by atoms with Crippen molar-refractivity contribution in [2.75, 3.05) is 18.4 Å². The number of hydrogen-bond acceptors (Lipinski definition) is 2. The van der Waals surface area contributed by atoms with E-state index in [1.165, 1.54) is 10.9 Å². The normalized spacial score (nSPS) is 12.9. The molecule has 0 saturated heterocycles. The van der Waals surface area contributed by atoms with Gasteiger partial charge < -0.3 is 20.1 Å². The number of amides is 3. The van der Waals surface area contributed by atoms with E-state index < -0.39 is 0 Å². The highest BCUT2D eigenvalue weighted by Crippen LogP contribution is 2.28. The van der Waals surface area contributed by atoms with Gasteiger partial charge in [0.05, 0.1) is 0 Å². The number of fused-ring (bicyclic) bond motifs is 1. The lowest BCUT2D eigenvalue weighted by Crippen LogP contribution is -2.45. The topological polar surface area (TPSA) is 68.4 Å². The summed E-state index contributed by atoms with van der Waals surface area (Å²) in [5.74, 6) is -0.0631. The molecule has 2 N–H and O–H groups in total. The molecule has 0 radical (unpaired) electrons. The highest BCUT2D eigenvalue weighted by molar-refractivity contribution is 6.30. The lowest BCUT2D eigenvalue weighted by atomic mass is 10.1. The number of hydrogen-bond donors (Lipinski definition) is 2. The monoisotopic (exact) mass is 500 g/mol. The van der Waals surface area contributed by atoms with Gasteiger partial charge in [0.1, 0.15) is 6.54 Å². The SMILES string of the molecule is O=C(CN(C(=O)Nc1cccc(Cl)c1)C1CC1)N(CCc1c[nH]c2ccccc12)Cc1ccccc1. The fraction of sp³-hybridized carbons (Fsp3) is 0.241. The Hall–Kier alpha value is -3.77. The molecule has 0 bridgehead atoms. The second kappa shape index (κ2) is 10.9. The Morgan fingerprint density at radius 2 is 1.75 bits per heavy atom. The first kappa shape index (κ1) is 23.9. The van der Waals surface area contributed by atoms with Crippen molar-refractivity contribution in [1.29, 1.82) is 0 Å². The van der Waals surface area contributed by atoms with Crippen LogP contribution in [0, 0.1) is 0 Å². The molecule has 1 aliphatic carbocycles. The highest BCUT2D eigenvalue weighted by atomic mass is 35.5. The first-order valence-electron chi connectivity index (χ1n) is 12.3. The van der Waals surface area contributed by atoms with Gasteiger partial charge in [-0.1, -0.05) is 66.2 Å². The highest BCUT2D eigenvalue weighted by Gasteiger charge is 2.35. The van der Waals surface area contributed by atoms with Crippen LogP contribution in [0.25, 0.3) is 10.9 Å². The van der Waals surface area contributed by atoms with Gasteiger partial charge in [-0.3, -0.25) is 4.79 Å². The zero-order chi connectivity index (χ0) is 24.9. The number of rotatable bonds is 9. The number of aromatic amines is 1. The largest absolute Gasteiger partial charge is 0.361 e. The molecule has 184 valence electrons. The second-order valence-corrected chi connectivity index (χ2v) is 9.65. The van der Waals surface area contributed by atoms with E-state index in [-0.39, 0.29) is 24.5 Å². The summed E-state index contributed by atoms with van der Waals surface area (Å²) in [7, 11) is 0. The van der Waals surface area contributed by atoms with E-state index in [1.54, 1.807) is 29.2 Å². The van der Waals surface area contributed by atoms with E-state index in [1.807, 2.05) is 53.6 Å². The zero-order valence-electron chi connectivity index (χ0n) is 20.0. The summed E-state index contributed by atoms with van der Waals surface area (Å²) in [5.41, 5.74) is 3.94. The van der Waals surface area contributed by atoms with Crippen LogP contribution in [0.3, 0.4) is 0 Å². The maximum Gasteiger partial charge on any atom is 0.322 e. The Balaban J connectivity index is 1.31. The third-order valence-electron chi connectivity index (χ3n) is 6.52. The molecule has 1 fully saturated rings. The predicted molar refractivity (Wildman–Crippen MR) is 144 cm³/mol. The molecular weight excluding hydrogens is 472 g/mol. The van der Waals surface area contributed by atoms with Crippen molar-refractivity contribution >= 4 is 40.1 Å². The van der Waals surface area contributed by atoms with E-state index in [2.05, 4.69) is 22.4 Å². The van der Waals surface area contributed by atoms with Crippen LogP contribution in [0.1, 0.15) is 24.0 Å². The maximum atomic E-state index is 13.6. The Labute approximate surface area is 215 Å². The summed E-state index contributed by atoms with van der Waals surface area (Å²) in [6, 6.07) is 25.0. The average molecular weight is 501 g/mol. The zero-order valence-corrected chi connectivity index (χ0v) is 20.7. The minimum absolute atomic E-state index is 0.0395. The maximum absolute atomic E-state index is 13.6. The number of carbonyl (C=O) groups excluding carboxylic acids is 2. The second-order valence-electron chi connectivity index (χ2n) is 9.21. The smallest absolute Gasteiger partial charge is 0.322 e. The lowest BCUT2D eigenvalue weighted by Gasteiger charge is -2.28. The molecule has 7 heteroatoms. The number of urea groups is 1. The molecule has 0 unspecified atom stereocenters. The summed E-state index contributed by atoms with van der Waals surface area (Å²) in [5, 5.41) is 4.62. The molecule has 4 aromatic rings. The van der Waals surface area contributed by atoms with Crippen LogP contribution in [0.4, 0.5) is 10.5 Å². The molecule has 3 amide bonds. The van der Waals surface area contributed by atoms with Crippen LogP contribution in [-0.4, -0.2) is 45.9 Å². The van der Waals surface area contributed by atoms with E-state index in [9.17, 15) is 9.59 Å². The molecule has 0 aliphatic heterocycles. The number of aromatic nitrogens is 1. The van der Waals surface area contributed by atoms with Crippen LogP contribution in [0.2, 0.25) is 5.02 Å². The molecule has 5 rings (SSSR count). The summed E-state index contributed by atoms with van der Waals surface area (Å²) >= 11 is 6.07. The standard InChI is InChI=1S/C29H29ClN4O2/c30-23-9-6-10-24(17-23)32-29(36)34(25-13-14-25)20-28(35)33(19-21-7-2-1-3-8-21)16-15-22-18-31-27-12-5-4-11-26(22)27/h1-12,17-18,25,31H,13-16,19-20H2,(H,32,36). The molecule has 1 aromatic heterocycles. The summed E-state index contributed by atoms with van der Waals surface area (Å²) < 4.78 is 0. The van der Waals surface area contributed by atoms with E-state index in [0.717, 1.165) is 30.3 Å². The van der Waals surface area contributed by atoms with Crippen LogP contribution in [0.15, 0.2) is 85.1 Å². The van der Waals surface area contributed by atoms with Gasteiger partial charge in [0, 0.05) is 46.9 Å². The molecule has 6 nitrogen and oxygen atoms in total. The van der Waals surface area contributed by atoms with Crippen LogP contribution < -0.4 is 5.32 Å². The molecule has 1 saturated carbocycles. The lowest BCUT2D eigenvalue weighted by molar-refractivity contribution is -0.132. The van der Waals surface area contributed by atoms with E-state index in [4.69, 9.17) is 11.6 Å². The number of benzene rings is 3. The number of H-pyrrole nitrogens is 1. The number of para-hydroxylation sites is 1. The predicted octanol–water partition coefficient (Wildman–Crippen LogP) is 6.09. The summed E-state index contributed by atoms with van der Waals surface area (Å²) in [6.45, 7) is 1.10. The number of nitrogens with one attached hydrogen (secondary N) is 2.